The Labute approximate surface area is 213 Å². The van der Waals surface area contributed by atoms with Gasteiger partial charge in [0.25, 0.3) is 5.91 Å². The molecule has 0 radical (unpaired) electrons. The molecule has 0 saturated heterocycles. The third kappa shape index (κ3) is 9.01. The standard InChI is InChI=1S/C22H31N3O4S.C4H4S/c1-4-6-13-25(14-7-5-2)19-15-17(22(26)24-3)16-20(30(23,27)28)21(19)29-18-11-9-8-10-12-18;1-2-4-5-3-1/h8-12,15-16H,4-7,13-14H2,1-3H3,(H,24,26)(H2,23,27,28);1-4H. The van der Waals surface area contributed by atoms with Crippen molar-refractivity contribution < 1.29 is 17.9 Å². The molecule has 3 rings (SSSR count). The van der Waals surface area contributed by atoms with Gasteiger partial charge in [-0.2, -0.15) is 11.3 Å². The van der Waals surface area contributed by atoms with Gasteiger partial charge >= 0.3 is 0 Å². The van der Waals surface area contributed by atoms with Crippen LogP contribution >= 0.6 is 11.3 Å². The van der Waals surface area contributed by atoms with E-state index in [2.05, 4.69) is 24.1 Å². The van der Waals surface area contributed by atoms with Gasteiger partial charge in [-0.25, -0.2) is 13.6 Å². The second-order valence-electron chi connectivity index (χ2n) is 7.85. The Morgan fingerprint density at radius 1 is 1.00 bits per heavy atom. The van der Waals surface area contributed by atoms with Crippen LogP contribution in [-0.4, -0.2) is 34.5 Å². The smallest absolute Gasteiger partial charge is 0.251 e. The fourth-order valence-corrected chi connectivity index (χ4v) is 4.45. The largest absolute Gasteiger partial charge is 0.454 e. The van der Waals surface area contributed by atoms with Crippen molar-refractivity contribution in [1.29, 1.82) is 0 Å². The van der Waals surface area contributed by atoms with Gasteiger partial charge in [-0.1, -0.05) is 57.0 Å². The summed E-state index contributed by atoms with van der Waals surface area (Å²) in [6.45, 7) is 5.61. The van der Waals surface area contributed by atoms with Crippen molar-refractivity contribution in [2.75, 3.05) is 25.0 Å². The van der Waals surface area contributed by atoms with Gasteiger partial charge in [0.2, 0.25) is 10.0 Å². The SMILES string of the molecule is CCCCN(CCCC)c1cc(C(=O)NC)cc(S(N)(=O)=O)c1Oc1ccccc1.c1ccsc1. The first-order valence-electron chi connectivity index (χ1n) is 11.7. The van der Waals surface area contributed by atoms with Gasteiger partial charge in [-0.15, -0.1) is 0 Å². The van der Waals surface area contributed by atoms with E-state index in [1.54, 1.807) is 41.7 Å². The maximum Gasteiger partial charge on any atom is 0.251 e. The zero-order chi connectivity index (χ0) is 25.7. The molecular formula is C26H35N3O4S2. The number of hydrogen-bond donors (Lipinski definition) is 2. The highest BCUT2D eigenvalue weighted by Crippen LogP contribution is 2.39. The Hall–Kier alpha value is -2.88. The van der Waals surface area contributed by atoms with Gasteiger partial charge in [0.1, 0.15) is 10.6 Å². The summed E-state index contributed by atoms with van der Waals surface area (Å²) < 4.78 is 31.0. The number of carbonyl (C=O) groups excluding carboxylic acids is 1. The van der Waals surface area contributed by atoms with Gasteiger partial charge in [-0.3, -0.25) is 4.79 Å². The number of primary sulfonamides is 1. The van der Waals surface area contributed by atoms with Crippen molar-refractivity contribution in [2.45, 2.75) is 44.4 Å². The molecule has 0 bridgehead atoms. The molecule has 0 saturated carbocycles. The van der Waals surface area contributed by atoms with Gasteiger partial charge in [0, 0.05) is 25.7 Å². The minimum Gasteiger partial charge on any atom is -0.454 e. The summed E-state index contributed by atoms with van der Waals surface area (Å²) >= 11 is 1.71. The van der Waals surface area contributed by atoms with E-state index in [0.717, 1.165) is 25.7 Å². The fraction of sp³-hybridized carbons (Fsp3) is 0.346. The molecule has 0 spiro atoms. The minimum absolute atomic E-state index is 0.142. The third-order valence-corrected chi connectivity index (χ3v) is 6.67. The van der Waals surface area contributed by atoms with Crippen LogP contribution in [0.25, 0.3) is 0 Å². The van der Waals surface area contributed by atoms with Crippen LogP contribution in [0.5, 0.6) is 11.5 Å². The normalized spacial score (nSPS) is 10.7. The number of hydrogen-bond acceptors (Lipinski definition) is 6. The minimum atomic E-state index is -4.15. The molecule has 35 heavy (non-hydrogen) atoms. The number of sulfonamides is 1. The molecule has 3 N–H and O–H groups in total. The number of anilines is 1. The van der Waals surface area contributed by atoms with E-state index < -0.39 is 15.9 Å². The second kappa shape index (κ2) is 14.5. The average Bonchev–Trinajstić information content (AvgIpc) is 3.44. The summed E-state index contributed by atoms with van der Waals surface area (Å²) in [6, 6.07) is 15.9. The van der Waals surface area contributed by atoms with E-state index in [1.807, 2.05) is 29.0 Å². The molecule has 1 heterocycles. The van der Waals surface area contributed by atoms with E-state index in [-0.39, 0.29) is 16.2 Å². The van der Waals surface area contributed by atoms with Crippen LogP contribution in [-0.2, 0) is 10.0 Å². The number of nitrogens with zero attached hydrogens (tertiary/aromatic N) is 1. The van der Waals surface area contributed by atoms with Crippen LogP contribution in [0.2, 0.25) is 0 Å². The number of carbonyl (C=O) groups is 1. The van der Waals surface area contributed by atoms with Crippen molar-refractivity contribution in [3.05, 3.63) is 70.9 Å². The van der Waals surface area contributed by atoms with Crippen LogP contribution in [0.3, 0.4) is 0 Å². The molecule has 190 valence electrons. The maximum atomic E-state index is 12.5. The molecule has 3 aromatic rings. The van der Waals surface area contributed by atoms with E-state index >= 15 is 0 Å². The molecule has 0 fully saturated rings. The number of para-hydroxylation sites is 1. The highest BCUT2D eigenvalue weighted by molar-refractivity contribution is 7.89. The number of benzene rings is 2. The Balaban J connectivity index is 0.000000764. The molecule has 1 aromatic heterocycles. The summed E-state index contributed by atoms with van der Waals surface area (Å²) in [7, 11) is -2.65. The number of nitrogens with one attached hydrogen (secondary N) is 1. The molecule has 0 atom stereocenters. The predicted octanol–water partition coefficient (Wildman–Crippen LogP) is 5.64. The van der Waals surface area contributed by atoms with Gasteiger partial charge in [-0.05, 0) is 47.9 Å². The summed E-state index contributed by atoms with van der Waals surface area (Å²) in [5.74, 6) is 0.240. The summed E-state index contributed by atoms with van der Waals surface area (Å²) in [5.41, 5.74) is 0.765. The lowest BCUT2D eigenvalue weighted by Gasteiger charge is -2.28. The molecule has 2 aromatic carbocycles. The van der Waals surface area contributed by atoms with Crippen molar-refractivity contribution in [1.82, 2.24) is 5.32 Å². The first-order valence-corrected chi connectivity index (χ1v) is 14.2. The van der Waals surface area contributed by atoms with Gasteiger partial charge in [0.15, 0.2) is 5.75 Å². The van der Waals surface area contributed by atoms with E-state index in [1.165, 1.54) is 13.1 Å². The first kappa shape index (κ1) is 28.4. The van der Waals surface area contributed by atoms with Crippen LogP contribution in [0, 0.1) is 0 Å². The van der Waals surface area contributed by atoms with Gasteiger partial charge in [0.05, 0.1) is 5.69 Å². The number of ether oxygens (including phenoxy) is 1. The summed E-state index contributed by atoms with van der Waals surface area (Å²) in [4.78, 5) is 14.2. The molecule has 0 aliphatic rings. The molecule has 9 heteroatoms. The highest BCUT2D eigenvalue weighted by Gasteiger charge is 2.26. The fourth-order valence-electron chi connectivity index (χ4n) is 3.30. The number of rotatable bonds is 11. The Morgan fingerprint density at radius 2 is 1.60 bits per heavy atom. The molecule has 7 nitrogen and oxygen atoms in total. The number of unbranched alkanes of at least 4 members (excludes halogenated alkanes) is 2. The molecular weight excluding hydrogens is 482 g/mol. The Bertz CT molecular complexity index is 1110. The lowest BCUT2D eigenvalue weighted by atomic mass is 10.1. The summed E-state index contributed by atoms with van der Waals surface area (Å²) in [5, 5.41) is 12.2. The van der Waals surface area contributed by atoms with Crippen LogP contribution in [0.1, 0.15) is 49.9 Å². The number of amides is 1. The van der Waals surface area contributed by atoms with Crippen molar-refractivity contribution in [2.24, 2.45) is 5.14 Å². The molecule has 0 aliphatic heterocycles. The Morgan fingerprint density at radius 3 is 2.06 bits per heavy atom. The summed E-state index contributed by atoms with van der Waals surface area (Å²) in [6.07, 6.45) is 3.80. The quantitative estimate of drug-likeness (QED) is 0.343. The zero-order valence-electron chi connectivity index (χ0n) is 20.6. The van der Waals surface area contributed by atoms with Crippen molar-refractivity contribution >= 4 is 33.0 Å². The van der Waals surface area contributed by atoms with Crippen molar-refractivity contribution in [3.63, 3.8) is 0 Å². The van der Waals surface area contributed by atoms with Crippen molar-refractivity contribution in [3.8, 4) is 11.5 Å². The maximum absolute atomic E-state index is 12.5. The second-order valence-corrected chi connectivity index (χ2v) is 10.2. The lowest BCUT2D eigenvalue weighted by molar-refractivity contribution is 0.0963. The first-order chi connectivity index (χ1) is 16.8. The molecule has 0 unspecified atom stereocenters. The monoisotopic (exact) mass is 517 g/mol. The topological polar surface area (TPSA) is 102 Å². The third-order valence-electron chi connectivity index (χ3n) is 5.12. The van der Waals surface area contributed by atoms with Crippen LogP contribution < -0.4 is 20.1 Å². The predicted molar refractivity (Wildman–Crippen MR) is 144 cm³/mol. The van der Waals surface area contributed by atoms with E-state index in [4.69, 9.17) is 9.88 Å². The van der Waals surface area contributed by atoms with E-state index in [0.29, 0.717) is 24.5 Å². The number of thiophene rings is 1. The van der Waals surface area contributed by atoms with Crippen LogP contribution in [0.4, 0.5) is 5.69 Å². The number of nitrogens with two attached hydrogens (primary N) is 1. The molecule has 0 aliphatic carbocycles. The van der Waals surface area contributed by atoms with E-state index in [9.17, 15) is 13.2 Å². The molecule has 1 amide bonds. The van der Waals surface area contributed by atoms with Gasteiger partial charge < -0.3 is 15.0 Å². The average molecular weight is 518 g/mol. The lowest BCUT2D eigenvalue weighted by Crippen LogP contribution is -2.28. The van der Waals surface area contributed by atoms with Crippen LogP contribution in [0.15, 0.2) is 70.3 Å². The Kier molecular flexibility index (Phi) is 11.8. The highest BCUT2D eigenvalue weighted by atomic mass is 32.2. The zero-order valence-corrected chi connectivity index (χ0v) is 22.2.